The second-order valence-electron chi connectivity index (χ2n) is 3.98. The van der Waals surface area contributed by atoms with E-state index in [4.69, 9.17) is 5.73 Å². The van der Waals surface area contributed by atoms with Gasteiger partial charge in [0, 0.05) is 23.8 Å². The fourth-order valence-corrected chi connectivity index (χ4v) is 2.04. The van der Waals surface area contributed by atoms with Crippen LogP contribution >= 0.6 is 23.7 Å². The van der Waals surface area contributed by atoms with E-state index >= 15 is 0 Å². The molecule has 0 saturated heterocycles. The van der Waals surface area contributed by atoms with Crippen molar-refractivity contribution in [2.45, 2.75) is 25.7 Å². The minimum atomic E-state index is -0.154. The number of aromatic nitrogens is 1. The van der Waals surface area contributed by atoms with Gasteiger partial charge >= 0.3 is 0 Å². The van der Waals surface area contributed by atoms with E-state index < -0.39 is 0 Å². The van der Waals surface area contributed by atoms with Gasteiger partial charge < -0.3 is 11.1 Å². The van der Waals surface area contributed by atoms with Gasteiger partial charge in [0.1, 0.15) is 0 Å². The van der Waals surface area contributed by atoms with Gasteiger partial charge in [0.05, 0.1) is 5.69 Å². The van der Waals surface area contributed by atoms with E-state index in [1.165, 1.54) is 24.2 Å². The molecule has 4 nitrogen and oxygen atoms in total. The number of nitrogens with one attached hydrogen (secondary N) is 1. The normalized spacial score (nSPS) is 16.4. The summed E-state index contributed by atoms with van der Waals surface area (Å²) in [5.41, 5.74) is 6.53. The quantitative estimate of drug-likeness (QED) is 0.871. The summed E-state index contributed by atoms with van der Waals surface area (Å²) in [5.74, 6) is 0.436. The second kappa shape index (κ2) is 5.61. The van der Waals surface area contributed by atoms with Crippen LogP contribution in [-0.4, -0.2) is 17.4 Å². The van der Waals surface area contributed by atoms with Crippen molar-refractivity contribution in [3.05, 3.63) is 11.1 Å². The van der Waals surface area contributed by atoms with Gasteiger partial charge in [-0.2, -0.15) is 0 Å². The van der Waals surface area contributed by atoms with Crippen molar-refractivity contribution < 1.29 is 4.79 Å². The molecule has 3 N–H and O–H groups in total. The van der Waals surface area contributed by atoms with Gasteiger partial charge in [-0.1, -0.05) is 6.92 Å². The molecule has 0 aliphatic heterocycles. The zero-order valence-corrected chi connectivity index (χ0v) is 10.7. The Balaban J connectivity index is 0.00000128. The smallest absolute Gasteiger partial charge is 0.230 e. The predicted molar refractivity (Wildman–Crippen MR) is 68.2 cm³/mol. The Hall–Kier alpha value is -0.650. The Morgan fingerprint density at radius 3 is 3.00 bits per heavy atom. The Kier molecular flexibility index (Phi) is 4.70. The second-order valence-corrected chi connectivity index (χ2v) is 4.84. The molecule has 1 heterocycles. The van der Waals surface area contributed by atoms with E-state index in [9.17, 15) is 4.79 Å². The van der Waals surface area contributed by atoms with Crippen LogP contribution in [0.5, 0.6) is 0 Å². The lowest BCUT2D eigenvalue weighted by atomic mass is 10.2. The fourth-order valence-electron chi connectivity index (χ4n) is 1.25. The molecule has 1 aromatic rings. The summed E-state index contributed by atoms with van der Waals surface area (Å²) < 4.78 is 0. The predicted octanol–water partition coefficient (Wildman–Crippen LogP) is 1.98. The van der Waals surface area contributed by atoms with Crippen molar-refractivity contribution in [3.63, 3.8) is 0 Å². The third-order valence-electron chi connectivity index (χ3n) is 2.55. The van der Waals surface area contributed by atoms with Crippen LogP contribution in [0, 0.1) is 5.92 Å². The number of hydrogen-bond donors (Lipinski definition) is 2. The lowest BCUT2D eigenvalue weighted by molar-refractivity contribution is -0.119. The standard InChI is InChI=1S/C10H15N3OS.ClH/c1-6(4-11)9(14)13-10-12-8(5-15-10)7-2-3-7;/h5-7H,2-4,11H2,1H3,(H,12,13,14);1H. The topological polar surface area (TPSA) is 68.0 Å². The average molecular weight is 262 g/mol. The molecule has 1 fully saturated rings. The van der Waals surface area contributed by atoms with Gasteiger partial charge in [0.25, 0.3) is 0 Å². The van der Waals surface area contributed by atoms with Crippen LogP contribution in [0.15, 0.2) is 5.38 Å². The van der Waals surface area contributed by atoms with E-state index in [2.05, 4.69) is 10.3 Å². The first-order valence-corrected chi connectivity index (χ1v) is 6.05. The molecule has 1 atom stereocenters. The summed E-state index contributed by atoms with van der Waals surface area (Å²) >= 11 is 1.49. The van der Waals surface area contributed by atoms with Crippen molar-refractivity contribution in [3.8, 4) is 0 Å². The molecular formula is C10H16ClN3OS. The molecule has 0 radical (unpaired) electrons. The molecule has 1 unspecified atom stereocenters. The minimum absolute atomic E-state index is 0. The first kappa shape index (κ1) is 13.4. The Labute approximate surface area is 105 Å². The van der Waals surface area contributed by atoms with Crippen LogP contribution < -0.4 is 11.1 Å². The molecule has 0 spiro atoms. The maximum absolute atomic E-state index is 11.5. The number of amides is 1. The molecule has 1 aliphatic carbocycles. The fraction of sp³-hybridized carbons (Fsp3) is 0.600. The number of carbonyl (C=O) groups excluding carboxylic acids is 1. The van der Waals surface area contributed by atoms with E-state index in [1.54, 1.807) is 0 Å². The maximum Gasteiger partial charge on any atom is 0.230 e. The van der Waals surface area contributed by atoms with Crippen molar-refractivity contribution in [2.75, 3.05) is 11.9 Å². The lowest BCUT2D eigenvalue weighted by Gasteiger charge is -2.06. The summed E-state index contributed by atoms with van der Waals surface area (Å²) in [4.78, 5) is 15.9. The molecule has 6 heteroatoms. The van der Waals surface area contributed by atoms with Crippen molar-refractivity contribution in [2.24, 2.45) is 11.7 Å². The number of nitrogens with two attached hydrogens (primary N) is 1. The lowest BCUT2D eigenvalue weighted by Crippen LogP contribution is -2.26. The van der Waals surface area contributed by atoms with Gasteiger partial charge in [0.2, 0.25) is 5.91 Å². The molecule has 0 aromatic carbocycles. The molecule has 1 amide bonds. The van der Waals surface area contributed by atoms with Gasteiger partial charge in [-0.15, -0.1) is 23.7 Å². The van der Waals surface area contributed by atoms with Gasteiger partial charge in [-0.25, -0.2) is 4.98 Å². The highest BCUT2D eigenvalue weighted by atomic mass is 35.5. The summed E-state index contributed by atoms with van der Waals surface area (Å²) in [5, 5.41) is 5.51. The number of hydrogen-bond acceptors (Lipinski definition) is 4. The molecule has 16 heavy (non-hydrogen) atoms. The van der Waals surface area contributed by atoms with Crippen LogP contribution in [0.1, 0.15) is 31.4 Å². The van der Waals surface area contributed by atoms with E-state index in [0.717, 1.165) is 5.69 Å². The monoisotopic (exact) mass is 261 g/mol. The van der Waals surface area contributed by atoms with Crippen molar-refractivity contribution in [1.29, 1.82) is 0 Å². The molecule has 1 aromatic heterocycles. The number of halogens is 1. The summed E-state index contributed by atoms with van der Waals surface area (Å²) in [6, 6.07) is 0. The Bertz CT molecular complexity index is 365. The Morgan fingerprint density at radius 2 is 2.44 bits per heavy atom. The summed E-state index contributed by atoms with van der Waals surface area (Å²) in [6.45, 7) is 2.18. The number of thiazole rings is 1. The maximum atomic E-state index is 11.5. The molecule has 0 bridgehead atoms. The number of carbonyl (C=O) groups is 1. The van der Waals surface area contributed by atoms with E-state index in [-0.39, 0.29) is 24.2 Å². The average Bonchev–Trinajstić information content (AvgIpc) is 2.99. The SMILES string of the molecule is CC(CN)C(=O)Nc1nc(C2CC2)cs1.Cl. The van der Waals surface area contributed by atoms with Crippen molar-refractivity contribution in [1.82, 2.24) is 4.98 Å². The molecule has 90 valence electrons. The highest BCUT2D eigenvalue weighted by Gasteiger charge is 2.26. The van der Waals surface area contributed by atoms with Gasteiger partial charge in [-0.05, 0) is 12.8 Å². The van der Waals surface area contributed by atoms with Gasteiger partial charge in [0.15, 0.2) is 5.13 Å². The molecular weight excluding hydrogens is 246 g/mol. The van der Waals surface area contributed by atoms with Gasteiger partial charge in [-0.3, -0.25) is 4.79 Å². The number of anilines is 1. The van der Waals surface area contributed by atoms with Crippen LogP contribution in [0.4, 0.5) is 5.13 Å². The molecule has 1 saturated carbocycles. The van der Waals surface area contributed by atoms with Crippen molar-refractivity contribution >= 4 is 34.8 Å². The van der Waals surface area contributed by atoms with Crippen LogP contribution in [0.3, 0.4) is 0 Å². The first-order valence-electron chi connectivity index (χ1n) is 5.17. The zero-order valence-electron chi connectivity index (χ0n) is 9.10. The minimum Gasteiger partial charge on any atom is -0.330 e. The first-order chi connectivity index (χ1) is 7.20. The van der Waals surface area contributed by atoms with E-state index in [1.807, 2.05) is 12.3 Å². The molecule has 1 aliphatic rings. The van der Waals surface area contributed by atoms with Crippen LogP contribution in [0.2, 0.25) is 0 Å². The van der Waals surface area contributed by atoms with Crippen LogP contribution in [0.25, 0.3) is 0 Å². The number of rotatable bonds is 4. The largest absolute Gasteiger partial charge is 0.330 e. The highest BCUT2D eigenvalue weighted by molar-refractivity contribution is 7.13. The number of nitrogens with zero attached hydrogens (tertiary/aromatic N) is 1. The third kappa shape index (κ3) is 3.17. The third-order valence-corrected chi connectivity index (χ3v) is 3.32. The highest BCUT2D eigenvalue weighted by Crippen LogP contribution is 2.40. The summed E-state index contributed by atoms with van der Waals surface area (Å²) in [6.07, 6.45) is 2.46. The molecule has 2 rings (SSSR count). The zero-order chi connectivity index (χ0) is 10.8. The van der Waals surface area contributed by atoms with Crippen LogP contribution in [-0.2, 0) is 4.79 Å². The Morgan fingerprint density at radius 1 is 1.75 bits per heavy atom. The summed E-state index contributed by atoms with van der Waals surface area (Å²) in [7, 11) is 0. The van der Waals surface area contributed by atoms with E-state index in [0.29, 0.717) is 17.6 Å².